The highest BCUT2D eigenvalue weighted by molar-refractivity contribution is 5.93. The van der Waals surface area contributed by atoms with Crippen LogP contribution in [0.15, 0.2) is 82.0 Å². The third-order valence-corrected chi connectivity index (χ3v) is 5.44. The second-order valence-electron chi connectivity index (χ2n) is 9.32. The van der Waals surface area contributed by atoms with Crippen LogP contribution in [0, 0.1) is 0 Å². The molecule has 8 nitrogen and oxygen atoms in total. The molecule has 0 atom stereocenters. The number of fused-ring (bicyclic) bond motifs is 1. The van der Waals surface area contributed by atoms with E-state index in [-0.39, 0.29) is 19.1 Å². The molecular weight excluding hydrogens is 460 g/mol. The van der Waals surface area contributed by atoms with E-state index in [2.05, 4.69) is 0 Å². The van der Waals surface area contributed by atoms with E-state index in [4.69, 9.17) is 13.9 Å². The van der Waals surface area contributed by atoms with Gasteiger partial charge in [-0.3, -0.25) is 9.36 Å². The molecule has 1 amide bonds. The summed E-state index contributed by atoms with van der Waals surface area (Å²) in [4.78, 5) is 38.7. The molecule has 0 aliphatic heterocycles. The molecule has 0 aliphatic carbocycles. The number of rotatable bonds is 7. The number of likely N-dealkylation sites (N-methyl/N-ethyl adjacent to an activating group) is 1. The van der Waals surface area contributed by atoms with Crippen LogP contribution < -0.4 is 15.4 Å². The molecule has 4 aromatic rings. The zero-order valence-electron chi connectivity index (χ0n) is 20.7. The molecule has 0 saturated carbocycles. The van der Waals surface area contributed by atoms with Crippen LogP contribution in [-0.4, -0.2) is 35.7 Å². The Hall–Kier alpha value is -4.33. The number of carbonyl (C=O) groups is 2. The lowest BCUT2D eigenvalue weighted by molar-refractivity contribution is -0.157. The van der Waals surface area contributed by atoms with Crippen molar-refractivity contribution >= 4 is 28.7 Å². The first kappa shape index (κ1) is 24.8. The molecule has 0 spiro atoms. The summed E-state index contributed by atoms with van der Waals surface area (Å²) in [6.45, 7) is 5.06. The van der Waals surface area contributed by atoms with E-state index in [1.165, 1.54) is 9.47 Å². The Labute approximate surface area is 208 Å². The molecular formula is C28H28N2O6. The third kappa shape index (κ3) is 5.83. The van der Waals surface area contributed by atoms with Crippen LogP contribution in [0.5, 0.6) is 5.75 Å². The van der Waals surface area contributed by atoms with Gasteiger partial charge in [-0.2, -0.15) is 0 Å². The van der Waals surface area contributed by atoms with Crippen molar-refractivity contribution in [1.29, 1.82) is 0 Å². The molecule has 3 aromatic carbocycles. The Morgan fingerprint density at radius 2 is 1.61 bits per heavy atom. The summed E-state index contributed by atoms with van der Waals surface area (Å²) in [5.74, 6) is -0.756. The lowest BCUT2D eigenvalue weighted by Gasteiger charge is -2.19. The minimum Gasteiger partial charge on any atom is -0.482 e. The molecule has 0 aliphatic rings. The fraction of sp³-hybridized carbons (Fsp3) is 0.250. The summed E-state index contributed by atoms with van der Waals surface area (Å²) in [6, 6.07) is 21.8. The van der Waals surface area contributed by atoms with Crippen LogP contribution in [0.1, 0.15) is 20.8 Å². The second kappa shape index (κ2) is 10.1. The maximum absolute atomic E-state index is 12.9. The summed E-state index contributed by atoms with van der Waals surface area (Å²) in [6.07, 6.45) is 0. The Kier molecular flexibility index (Phi) is 6.96. The van der Waals surface area contributed by atoms with Gasteiger partial charge in [0.1, 0.15) is 17.9 Å². The van der Waals surface area contributed by atoms with Gasteiger partial charge in [-0.15, -0.1) is 0 Å². The number of esters is 1. The van der Waals surface area contributed by atoms with E-state index < -0.39 is 17.3 Å². The van der Waals surface area contributed by atoms with Crippen molar-refractivity contribution < 1.29 is 23.5 Å². The SMILES string of the molecule is CN(C(=O)Cn1c(=O)oc2ccc(-c3ccc(OCC(=O)OC(C)(C)C)cc3)cc21)c1ccccc1. The standard InChI is InChI=1S/C28H28N2O6/c1-28(2,3)36-26(32)18-34-22-13-10-19(11-14-22)20-12-15-24-23(16-20)30(27(33)35-24)17-25(31)29(4)21-8-6-5-7-9-21/h5-16H,17-18H2,1-4H3. The van der Waals surface area contributed by atoms with Crippen molar-refractivity contribution in [3.05, 3.63) is 83.3 Å². The highest BCUT2D eigenvalue weighted by Gasteiger charge is 2.18. The van der Waals surface area contributed by atoms with Crippen LogP contribution in [-0.2, 0) is 20.9 Å². The topological polar surface area (TPSA) is 91.0 Å². The predicted molar refractivity (Wildman–Crippen MR) is 137 cm³/mol. The first-order valence-corrected chi connectivity index (χ1v) is 11.5. The van der Waals surface area contributed by atoms with Crippen LogP contribution in [0.3, 0.4) is 0 Å². The summed E-state index contributed by atoms with van der Waals surface area (Å²) in [7, 11) is 1.67. The lowest BCUT2D eigenvalue weighted by Crippen LogP contribution is -2.32. The van der Waals surface area contributed by atoms with Gasteiger partial charge in [-0.1, -0.05) is 36.4 Å². The number of hydrogen-bond acceptors (Lipinski definition) is 6. The zero-order valence-corrected chi connectivity index (χ0v) is 20.7. The maximum atomic E-state index is 12.9. The third-order valence-electron chi connectivity index (χ3n) is 5.44. The van der Waals surface area contributed by atoms with E-state index in [1.807, 2.05) is 54.6 Å². The lowest BCUT2D eigenvalue weighted by atomic mass is 10.1. The molecule has 0 radical (unpaired) electrons. The Morgan fingerprint density at radius 1 is 0.944 bits per heavy atom. The van der Waals surface area contributed by atoms with Gasteiger partial charge in [0.2, 0.25) is 5.91 Å². The average Bonchev–Trinajstić information content (AvgIpc) is 3.16. The number of aromatic nitrogens is 1. The largest absolute Gasteiger partial charge is 0.482 e. The van der Waals surface area contributed by atoms with Crippen molar-refractivity contribution in [3.8, 4) is 16.9 Å². The number of para-hydroxylation sites is 1. The van der Waals surface area contributed by atoms with Crippen molar-refractivity contribution in [3.63, 3.8) is 0 Å². The normalized spacial score (nSPS) is 11.3. The zero-order chi connectivity index (χ0) is 25.9. The number of anilines is 1. The smallest absolute Gasteiger partial charge is 0.420 e. The average molecular weight is 489 g/mol. The number of oxazole rings is 1. The number of carbonyl (C=O) groups excluding carboxylic acids is 2. The van der Waals surface area contributed by atoms with Gasteiger partial charge in [-0.25, -0.2) is 9.59 Å². The number of hydrogen-bond donors (Lipinski definition) is 0. The van der Waals surface area contributed by atoms with Crippen molar-refractivity contribution in [1.82, 2.24) is 4.57 Å². The molecule has 1 aromatic heterocycles. The fourth-order valence-corrected chi connectivity index (χ4v) is 3.69. The van der Waals surface area contributed by atoms with Gasteiger partial charge in [0.05, 0.1) is 5.52 Å². The first-order chi connectivity index (χ1) is 17.1. The van der Waals surface area contributed by atoms with Crippen molar-refractivity contribution in [2.24, 2.45) is 0 Å². The first-order valence-electron chi connectivity index (χ1n) is 11.5. The maximum Gasteiger partial charge on any atom is 0.420 e. The Morgan fingerprint density at radius 3 is 2.28 bits per heavy atom. The van der Waals surface area contributed by atoms with E-state index in [9.17, 15) is 14.4 Å². The van der Waals surface area contributed by atoms with Crippen LogP contribution in [0.25, 0.3) is 22.2 Å². The van der Waals surface area contributed by atoms with Gasteiger partial charge in [-0.05, 0) is 68.3 Å². The summed E-state index contributed by atoms with van der Waals surface area (Å²) >= 11 is 0. The Balaban J connectivity index is 1.51. The van der Waals surface area contributed by atoms with E-state index >= 15 is 0 Å². The van der Waals surface area contributed by atoms with E-state index in [1.54, 1.807) is 46.0 Å². The van der Waals surface area contributed by atoms with Gasteiger partial charge >= 0.3 is 11.7 Å². The molecule has 1 heterocycles. The summed E-state index contributed by atoms with van der Waals surface area (Å²) in [5, 5.41) is 0. The van der Waals surface area contributed by atoms with Crippen LogP contribution >= 0.6 is 0 Å². The highest BCUT2D eigenvalue weighted by Crippen LogP contribution is 2.26. The number of benzene rings is 3. The molecule has 0 N–H and O–H groups in total. The van der Waals surface area contributed by atoms with Crippen molar-refractivity contribution in [2.75, 3.05) is 18.6 Å². The highest BCUT2D eigenvalue weighted by atomic mass is 16.6. The minimum absolute atomic E-state index is 0.155. The second-order valence-corrected chi connectivity index (χ2v) is 9.32. The number of amides is 1. The molecule has 4 rings (SSSR count). The Bertz CT molecular complexity index is 1430. The minimum atomic E-state index is -0.595. The number of ether oxygens (including phenoxy) is 2. The molecule has 8 heteroatoms. The van der Waals surface area contributed by atoms with Crippen LogP contribution in [0.4, 0.5) is 5.69 Å². The molecule has 0 bridgehead atoms. The molecule has 0 unspecified atom stereocenters. The number of nitrogens with zero attached hydrogens (tertiary/aromatic N) is 2. The summed E-state index contributed by atoms with van der Waals surface area (Å²) in [5.41, 5.74) is 2.79. The molecule has 36 heavy (non-hydrogen) atoms. The quantitative estimate of drug-likeness (QED) is 0.352. The fourth-order valence-electron chi connectivity index (χ4n) is 3.69. The summed E-state index contributed by atoms with van der Waals surface area (Å²) < 4.78 is 17.5. The monoisotopic (exact) mass is 488 g/mol. The van der Waals surface area contributed by atoms with Gasteiger partial charge < -0.3 is 18.8 Å². The van der Waals surface area contributed by atoms with Crippen LogP contribution in [0.2, 0.25) is 0 Å². The van der Waals surface area contributed by atoms with Crippen molar-refractivity contribution in [2.45, 2.75) is 32.9 Å². The predicted octanol–water partition coefficient (Wildman–Crippen LogP) is 4.65. The van der Waals surface area contributed by atoms with E-state index in [0.717, 1.165) is 16.8 Å². The van der Waals surface area contributed by atoms with Gasteiger partial charge in [0, 0.05) is 12.7 Å². The molecule has 0 fully saturated rings. The molecule has 0 saturated heterocycles. The van der Waals surface area contributed by atoms with Gasteiger partial charge in [0.25, 0.3) is 0 Å². The van der Waals surface area contributed by atoms with E-state index in [0.29, 0.717) is 16.8 Å². The molecule has 186 valence electrons. The van der Waals surface area contributed by atoms with Gasteiger partial charge in [0.15, 0.2) is 12.2 Å².